The maximum atomic E-state index is 4.51. The first kappa shape index (κ1) is 17.7. The molecule has 25 heavy (non-hydrogen) atoms. The summed E-state index contributed by atoms with van der Waals surface area (Å²) in [5, 5.41) is 0. The number of para-hydroxylation sites is 1. The molecule has 2 heterocycles. The van der Waals surface area contributed by atoms with Gasteiger partial charge < -0.3 is 4.90 Å². The molecule has 2 aromatic carbocycles. The second-order valence-corrected chi connectivity index (χ2v) is 6.14. The minimum absolute atomic E-state index is 0. The summed E-state index contributed by atoms with van der Waals surface area (Å²) in [5.41, 5.74) is 8.49. The van der Waals surface area contributed by atoms with Crippen LogP contribution in [0.25, 0.3) is 11.1 Å². The highest BCUT2D eigenvalue weighted by Crippen LogP contribution is 2.35. The first-order valence-corrected chi connectivity index (χ1v) is 8.37. The van der Waals surface area contributed by atoms with Gasteiger partial charge in [-0.05, 0) is 43.7 Å². The molecule has 0 fully saturated rings. The summed E-state index contributed by atoms with van der Waals surface area (Å²) >= 11 is 0. The topological polar surface area (TPSA) is 15.6 Å². The van der Waals surface area contributed by atoms with Crippen LogP contribution in [0, 0.1) is 6.92 Å². The molecule has 4 rings (SSSR count). The van der Waals surface area contributed by atoms with Crippen molar-refractivity contribution in [1.82, 2.24) is 0 Å². The molecule has 0 N–H and O–H groups in total. The molecule has 3 heteroatoms. The predicted octanol–water partition coefficient (Wildman–Crippen LogP) is 6.15. The molecule has 0 saturated heterocycles. The lowest BCUT2D eigenvalue weighted by Crippen LogP contribution is -2.18. The Balaban J connectivity index is 0.00000182. The van der Waals surface area contributed by atoms with Gasteiger partial charge in [0.25, 0.3) is 0 Å². The fourth-order valence-corrected chi connectivity index (χ4v) is 3.24. The molecule has 2 aliphatic heterocycles. The average molecular weight is 440 g/mol. The Kier molecular flexibility index (Phi) is 5.23. The van der Waals surface area contributed by atoms with E-state index in [-0.39, 0.29) is 24.0 Å². The Morgan fingerprint density at radius 3 is 2.64 bits per heavy atom. The lowest BCUT2D eigenvalue weighted by atomic mass is 9.98. The summed E-state index contributed by atoms with van der Waals surface area (Å²) in [4.78, 5) is 6.78. The Bertz CT molecular complexity index is 919. The zero-order valence-corrected chi connectivity index (χ0v) is 16.8. The molecule has 0 saturated carbocycles. The van der Waals surface area contributed by atoms with Gasteiger partial charge in [0.1, 0.15) is 0 Å². The van der Waals surface area contributed by atoms with Crippen molar-refractivity contribution in [3.05, 3.63) is 83.6 Å². The van der Waals surface area contributed by atoms with Crippen molar-refractivity contribution in [1.29, 1.82) is 0 Å². The van der Waals surface area contributed by atoms with Gasteiger partial charge >= 0.3 is 0 Å². The number of allylic oxidation sites excluding steroid dienone is 5. The van der Waals surface area contributed by atoms with Gasteiger partial charge in [-0.3, -0.25) is 4.99 Å². The van der Waals surface area contributed by atoms with E-state index in [2.05, 4.69) is 90.6 Å². The monoisotopic (exact) mass is 440 g/mol. The van der Waals surface area contributed by atoms with E-state index in [1.165, 1.54) is 33.5 Å². The summed E-state index contributed by atoms with van der Waals surface area (Å²) in [5.74, 6) is 0. The number of rotatable bonds is 2. The molecule has 0 amide bonds. The number of fused-ring (bicyclic) bond motifs is 2. The van der Waals surface area contributed by atoms with Gasteiger partial charge in [0, 0.05) is 41.3 Å². The minimum Gasteiger partial charge on any atom is -0.348 e. The van der Waals surface area contributed by atoms with E-state index >= 15 is 0 Å². The fraction of sp³-hybridized carbons (Fsp3) is 0.136. The second kappa shape index (κ2) is 7.40. The molecule has 126 valence electrons. The third kappa shape index (κ3) is 3.33. The number of benzene rings is 2. The van der Waals surface area contributed by atoms with Crippen molar-refractivity contribution < 1.29 is 0 Å². The van der Waals surface area contributed by atoms with E-state index < -0.39 is 0 Å². The first-order chi connectivity index (χ1) is 11.8. The van der Waals surface area contributed by atoms with Crippen LogP contribution in [0.3, 0.4) is 0 Å². The summed E-state index contributed by atoms with van der Waals surface area (Å²) in [6.07, 6.45) is 10.7. The smallest absolute Gasteiger partial charge is 0.0708 e. The molecule has 2 aromatic rings. The Morgan fingerprint density at radius 1 is 1.00 bits per heavy atom. The molecular weight excluding hydrogens is 419 g/mol. The van der Waals surface area contributed by atoms with Crippen molar-refractivity contribution in [2.24, 2.45) is 4.99 Å². The van der Waals surface area contributed by atoms with Gasteiger partial charge in [-0.25, -0.2) is 0 Å². The lowest BCUT2D eigenvalue weighted by Gasteiger charge is -2.26. The molecule has 0 radical (unpaired) electrons. The summed E-state index contributed by atoms with van der Waals surface area (Å²) in [6.45, 7) is 5.27. The third-order valence-electron chi connectivity index (χ3n) is 4.55. The summed E-state index contributed by atoms with van der Waals surface area (Å²) in [6, 6.07) is 15.0. The molecule has 0 aliphatic carbocycles. The van der Waals surface area contributed by atoms with Crippen LogP contribution in [0.4, 0.5) is 11.4 Å². The van der Waals surface area contributed by atoms with Crippen LogP contribution in [-0.4, -0.2) is 12.8 Å². The van der Waals surface area contributed by atoms with Gasteiger partial charge in [-0.1, -0.05) is 42.0 Å². The Morgan fingerprint density at radius 2 is 1.80 bits per heavy atom. The van der Waals surface area contributed by atoms with Gasteiger partial charge in [0.05, 0.1) is 5.69 Å². The zero-order valence-electron chi connectivity index (χ0n) is 14.4. The molecule has 0 aromatic heterocycles. The molecule has 2 nitrogen and oxygen atoms in total. The Labute approximate surface area is 166 Å². The van der Waals surface area contributed by atoms with Gasteiger partial charge in [-0.2, -0.15) is 0 Å². The Hall–Kier alpha value is -2.14. The molecule has 0 spiro atoms. The van der Waals surface area contributed by atoms with Crippen LogP contribution < -0.4 is 4.90 Å². The highest BCUT2D eigenvalue weighted by Gasteiger charge is 2.15. The third-order valence-corrected chi connectivity index (χ3v) is 4.55. The predicted molar refractivity (Wildman–Crippen MR) is 119 cm³/mol. The molecule has 2 aliphatic rings. The fourth-order valence-electron chi connectivity index (χ4n) is 3.24. The van der Waals surface area contributed by atoms with Crippen molar-refractivity contribution in [2.45, 2.75) is 13.8 Å². The quantitative estimate of drug-likeness (QED) is 0.512. The number of halogens is 1. The molecule has 0 bridgehead atoms. The van der Waals surface area contributed by atoms with E-state index in [1.54, 1.807) is 0 Å². The van der Waals surface area contributed by atoms with Crippen LogP contribution in [0.5, 0.6) is 0 Å². The van der Waals surface area contributed by atoms with E-state index in [1.807, 2.05) is 6.21 Å². The van der Waals surface area contributed by atoms with Crippen molar-refractivity contribution in [3.8, 4) is 0 Å². The summed E-state index contributed by atoms with van der Waals surface area (Å²) in [7, 11) is 0. The van der Waals surface area contributed by atoms with Gasteiger partial charge in [0.2, 0.25) is 0 Å². The van der Waals surface area contributed by atoms with Gasteiger partial charge in [-0.15, -0.1) is 24.0 Å². The lowest BCUT2D eigenvalue weighted by molar-refractivity contribution is 1.01. The average Bonchev–Trinajstić information content (AvgIpc) is 3.01. The van der Waals surface area contributed by atoms with Crippen LogP contribution >= 0.6 is 24.0 Å². The number of aryl methyl sites for hydroxylation is 1. The highest BCUT2D eigenvalue weighted by atomic mass is 127. The SMILES string of the molecule is CCN1C=CC(=CC=C2C=Nc3ccc(C)cc32)c2ccccc21.I. The van der Waals surface area contributed by atoms with E-state index in [0.29, 0.717) is 0 Å². The number of nitrogens with zero attached hydrogens (tertiary/aromatic N) is 2. The number of hydrogen-bond acceptors (Lipinski definition) is 2. The molecule has 0 atom stereocenters. The van der Waals surface area contributed by atoms with E-state index in [0.717, 1.165) is 12.2 Å². The largest absolute Gasteiger partial charge is 0.348 e. The number of anilines is 1. The van der Waals surface area contributed by atoms with E-state index in [4.69, 9.17) is 0 Å². The minimum atomic E-state index is 0. The maximum absolute atomic E-state index is 4.51. The summed E-state index contributed by atoms with van der Waals surface area (Å²) < 4.78 is 0. The highest BCUT2D eigenvalue weighted by molar-refractivity contribution is 14.0. The number of hydrogen-bond donors (Lipinski definition) is 0. The normalized spacial score (nSPS) is 17.6. The van der Waals surface area contributed by atoms with Crippen LogP contribution in [0.15, 0.2) is 71.9 Å². The zero-order chi connectivity index (χ0) is 16.5. The number of aliphatic imine (C=N–C) groups is 1. The standard InChI is InChI=1S/C22H20N2.HI/c1-3-24-13-12-17(19-6-4-5-7-22(19)24)9-10-18-15-23-21-11-8-16(2)14-20(18)21;/h4-15H,3H2,1-2H3;1H. The van der Waals surface area contributed by atoms with Crippen LogP contribution in [-0.2, 0) is 0 Å². The van der Waals surface area contributed by atoms with Crippen molar-refractivity contribution in [2.75, 3.05) is 11.4 Å². The first-order valence-electron chi connectivity index (χ1n) is 8.37. The molecular formula is C22H21IN2. The van der Waals surface area contributed by atoms with E-state index in [9.17, 15) is 0 Å². The molecule has 0 unspecified atom stereocenters. The van der Waals surface area contributed by atoms with Crippen LogP contribution in [0.1, 0.15) is 23.6 Å². The second-order valence-electron chi connectivity index (χ2n) is 6.14. The van der Waals surface area contributed by atoms with Crippen LogP contribution in [0.2, 0.25) is 0 Å². The maximum Gasteiger partial charge on any atom is 0.0708 e. The van der Waals surface area contributed by atoms with Gasteiger partial charge in [0.15, 0.2) is 0 Å². The van der Waals surface area contributed by atoms with Crippen molar-refractivity contribution >= 4 is 52.7 Å². The van der Waals surface area contributed by atoms with Crippen molar-refractivity contribution in [3.63, 3.8) is 0 Å².